The second kappa shape index (κ2) is 11.3. The summed E-state index contributed by atoms with van der Waals surface area (Å²) >= 11 is 3.53. The Morgan fingerprint density at radius 3 is 2.10 bits per heavy atom. The standard InChI is InChI=1S/C16H29BrN2O/c1-3-5-6-7-8-9-10-11-12-13-15-18-19-16(20-15)14(17)4-2/h14H,3-13H2,1-2H3. The van der Waals surface area contributed by atoms with Crippen molar-refractivity contribution in [1.29, 1.82) is 0 Å². The highest BCUT2D eigenvalue weighted by atomic mass is 79.9. The third-order valence-corrected chi connectivity index (χ3v) is 4.64. The maximum absolute atomic E-state index is 5.64. The zero-order valence-electron chi connectivity index (χ0n) is 13.0. The van der Waals surface area contributed by atoms with E-state index in [0.717, 1.165) is 31.0 Å². The molecule has 0 N–H and O–H groups in total. The average molecular weight is 345 g/mol. The van der Waals surface area contributed by atoms with E-state index in [1.54, 1.807) is 0 Å². The minimum atomic E-state index is 0.201. The molecule has 4 heteroatoms. The second-order valence-corrected chi connectivity index (χ2v) is 6.59. The molecule has 0 aromatic carbocycles. The van der Waals surface area contributed by atoms with Crippen molar-refractivity contribution in [1.82, 2.24) is 10.2 Å². The van der Waals surface area contributed by atoms with Crippen LogP contribution in [0.2, 0.25) is 0 Å². The lowest BCUT2D eigenvalue weighted by Crippen LogP contribution is -1.87. The fraction of sp³-hybridized carbons (Fsp3) is 0.875. The molecule has 0 aliphatic rings. The molecular weight excluding hydrogens is 316 g/mol. The zero-order valence-corrected chi connectivity index (χ0v) is 14.6. The monoisotopic (exact) mass is 344 g/mol. The Morgan fingerprint density at radius 2 is 1.50 bits per heavy atom. The number of rotatable bonds is 12. The first-order valence-corrected chi connectivity index (χ1v) is 9.15. The van der Waals surface area contributed by atoms with Gasteiger partial charge in [0.25, 0.3) is 0 Å². The highest BCUT2D eigenvalue weighted by molar-refractivity contribution is 9.09. The van der Waals surface area contributed by atoms with Crippen LogP contribution < -0.4 is 0 Å². The van der Waals surface area contributed by atoms with Crippen LogP contribution in [-0.4, -0.2) is 10.2 Å². The number of aromatic nitrogens is 2. The molecule has 0 aliphatic carbocycles. The molecule has 3 nitrogen and oxygen atoms in total. The number of aryl methyl sites for hydroxylation is 1. The van der Waals surface area contributed by atoms with Crippen molar-refractivity contribution in [3.05, 3.63) is 11.8 Å². The van der Waals surface area contributed by atoms with Crippen LogP contribution in [-0.2, 0) is 6.42 Å². The quantitative estimate of drug-likeness (QED) is 0.345. The lowest BCUT2D eigenvalue weighted by molar-refractivity contribution is 0.436. The summed E-state index contributed by atoms with van der Waals surface area (Å²) in [7, 11) is 0. The number of alkyl halides is 1. The summed E-state index contributed by atoms with van der Waals surface area (Å²) in [6.45, 7) is 4.37. The van der Waals surface area contributed by atoms with E-state index >= 15 is 0 Å². The van der Waals surface area contributed by atoms with Crippen LogP contribution in [0.5, 0.6) is 0 Å². The van der Waals surface area contributed by atoms with Gasteiger partial charge in [0, 0.05) is 6.42 Å². The molecule has 0 aliphatic heterocycles. The maximum Gasteiger partial charge on any atom is 0.230 e. The van der Waals surface area contributed by atoms with Gasteiger partial charge in [-0.1, -0.05) is 81.1 Å². The van der Waals surface area contributed by atoms with Crippen molar-refractivity contribution >= 4 is 15.9 Å². The van der Waals surface area contributed by atoms with Crippen LogP contribution in [0.25, 0.3) is 0 Å². The fourth-order valence-corrected chi connectivity index (χ4v) is 2.44. The second-order valence-electron chi connectivity index (χ2n) is 5.49. The van der Waals surface area contributed by atoms with Gasteiger partial charge in [0.15, 0.2) is 0 Å². The number of hydrogen-bond donors (Lipinski definition) is 0. The van der Waals surface area contributed by atoms with Crippen molar-refractivity contribution in [2.45, 2.75) is 89.3 Å². The zero-order chi connectivity index (χ0) is 14.6. The fourth-order valence-electron chi connectivity index (χ4n) is 2.26. The van der Waals surface area contributed by atoms with Gasteiger partial charge >= 0.3 is 0 Å². The topological polar surface area (TPSA) is 38.9 Å². The van der Waals surface area contributed by atoms with Crippen molar-refractivity contribution in [2.24, 2.45) is 0 Å². The smallest absolute Gasteiger partial charge is 0.230 e. The van der Waals surface area contributed by atoms with Gasteiger partial charge in [-0.2, -0.15) is 0 Å². The van der Waals surface area contributed by atoms with E-state index in [9.17, 15) is 0 Å². The third kappa shape index (κ3) is 7.41. The predicted octanol–water partition coefficient (Wildman–Crippen LogP) is 5.99. The van der Waals surface area contributed by atoms with Crippen LogP contribution in [0.1, 0.15) is 94.7 Å². The minimum absolute atomic E-state index is 0.201. The lowest BCUT2D eigenvalue weighted by atomic mass is 10.1. The van der Waals surface area contributed by atoms with E-state index in [1.807, 2.05) is 0 Å². The van der Waals surface area contributed by atoms with Gasteiger partial charge < -0.3 is 4.42 Å². The Balaban J connectivity index is 2.00. The molecule has 0 saturated heterocycles. The highest BCUT2D eigenvalue weighted by Crippen LogP contribution is 2.24. The summed E-state index contributed by atoms with van der Waals surface area (Å²) in [4.78, 5) is 0.201. The van der Waals surface area contributed by atoms with Crippen LogP contribution in [0.3, 0.4) is 0 Å². The molecule has 1 rings (SSSR count). The van der Waals surface area contributed by atoms with Crippen molar-refractivity contribution in [3.8, 4) is 0 Å². The van der Waals surface area contributed by atoms with E-state index in [2.05, 4.69) is 40.0 Å². The Labute approximate surface area is 132 Å². The van der Waals surface area contributed by atoms with Gasteiger partial charge in [0.05, 0.1) is 4.83 Å². The molecule has 0 spiro atoms. The summed E-state index contributed by atoms with van der Waals surface area (Å²) in [5, 5.41) is 8.19. The lowest BCUT2D eigenvalue weighted by Gasteiger charge is -2.01. The Morgan fingerprint density at radius 1 is 0.900 bits per heavy atom. The SMILES string of the molecule is CCCCCCCCCCCc1nnc(C(Br)CC)o1. The highest BCUT2D eigenvalue weighted by Gasteiger charge is 2.12. The largest absolute Gasteiger partial charge is 0.424 e. The molecule has 0 fully saturated rings. The molecule has 1 atom stereocenters. The van der Waals surface area contributed by atoms with Crippen LogP contribution in [0.4, 0.5) is 0 Å². The summed E-state index contributed by atoms with van der Waals surface area (Å²) in [5.74, 6) is 1.51. The number of hydrogen-bond acceptors (Lipinski definition) is 3. The van der Waals surface area contributed by atoms with Crippen molar-refractivity contribution in [3.63, 3.8) is 0 Å². The normalized spacial score (nSPS) is 12.8. The van der Waals surface area contributed by atoms with E-state index in [0.29, 0.717) is 0 Å². The van der Waals surface area contributed by atoms with Crippen LogP contribution >= 0.6 is 15.9 Å². The Bertz CT molecular complexity index is 341. The van der Waals surface area contributed by atoms with Gasteiger partial charge in [-0.05, 0) is 12.8 Å². The molecule has 1 aromatic heterocycles. The molecule has 116 valence electrons. The number of unbranched alkanes of at least 4 members (excludes halogenated alkanes) is 8. The van der Waals surface area contributed by atoms with E-state index in [4.69, 9.17) is 4.42 Å². The Kier molecular flexibility index (Phi) is 9.98. The Hall–Kier alpha value is -0.380. The molecule has 0 radical (unpaired) electrons. The molecule has 0 bridgehead atoms. The summed E-state index contributed by atoms with van der Waals surface area (Å²) < 4.78 is 5.64. The molecule has 1 heterocycles. The van der Waals surface area contributed by atoms with Gasteiger partial charge in [-0.25, -0.2) is 0 Å². The van der Waals surface area contributed by atoms with Gasteiger partial charge in [0.1, 0.15) is 0 Å². The number of nitrogens with zero attached hydrogens (tertiary/aromatic N) is 2. The molecule has 0 saturated carbocycles. The predicted molar refractivity (Wildman–Crippen MR) is 87.2 cm³/mol. The van der Waals surface area contributed by atoms with Crippen molar-refractivity contribution < 1.29 is 4.42 Å². The first kappa shape index (κ1) is 17.7. The van der Waals surface area contributed by atoms with E-state index in [1.165, 1.54) is 51.4 Å². The molecular formula is C16H29BrN2O. The molecule has 1 aromatic rings. The summed E-state index contributed by atoms with van der Waals surface area (Å²) in [6.07, 6.45) is 14.0. The van der Waals surface area contributed by atoms with Crippen molar-refractivity contribution in [2.75, 3.05) is 0 Å². The molecule has 1 unspecified atom stereocenters. The molecule has 0 amide bonds. The van der Waals surface area contributed by atoms with Crippen LogP contribution in [0, 0.1) is 0 Å². The number of halogens is 1. The summed E-state index contributed by atoms with van der Waals surface area (Å²) in [6, 6.07) is 0. The first-order valence-electron chi connectivity index (χ1n) is 8.24. The average Bonchev–Trinajstić information content (AvgIpc) is 2.93. The summed E-state index contributed by atoms with van der Waals surface area (Å²) in [5.41, 5.74) is 0. The van der Waals surface area contributed by atoms with E-state index < -0.39 is 0 Å². The van der Waals surface area contributed by atoms with Gasteiger partial charge in [0.2, 0.25) is 11.8 Å². The first-order chi connectivity index (χ1) is 9.77. The molecule has 20 heavy (non-hydrogen) atoms. The maximum atomic E-state index is 5.64. The van der Waals surface area contributed by atoms with E-state index in [-0.39, 0.29) is 4.83 Å². The van der Waals surface area contributed by atoms with Gasteiger partial charge in [-0.3, -0.25) is 0 Å². The van der Waals surface area contributed by atoms with Gasteiger partial charge in [-0.15, -0.1) is 10.2 Å². The minimum Gasteiger partial charge on any atom is -0.424 e. The third-order valence-electron chi connectivity index (χ3n) is 3.60. The van der Waals surface area contributed by atoms with Crippen LogP contribution in [0.15, 0.2) is 4.42 Å².